The highest BCUT2D eigenvalue weighted by Gasteiger charge is 2.27. The first-order chi connectivity index (χ1) is 18.9. The normalized spacial score (nSPS) is 19.4. The van der Waals surface area contributed by atoms with Gasteiger partial charge in [-0.15, -0.1) is 0 Å². The molecule has 2 aromatic rings. The summed E-state index contributed by atoms with van der Waals surface area (Å²) in [5.74, 6) is -0.0291. The van der Waals surface area contributed by atoms with E-state index in [1.807, 2.05) is 25.1 Å². The Morgan fingerprint density at radius 2 is 2.05 bits per heavy atom. The molecule has 0 saturated carbocycles. The summed E-state index contributed by atoms with van der Waals surface area (Å²) in [6.07, 6.45) is 12.9. The molecular weight excluding hydrogens is 482 g/mol. The second kappa shape index (κ2) is 13.4. The Morgan fingerprint density at radius 3 is 2.74 bits per heavy atom. The van der Waals surface area contributed by atoms with Crippen LogP contribution in [-0.4, -0.2) is 30.1 Å². The lowest BCUT2D eigenvalue weighted by atomic mass is 9.96. The highest BCUT2D eigenvalue weighted by atomic mass is 16.5. The molecule has 1 unspecified atom stereocenters. The first-order valence-electron chi connectivity index (χ1n) is 14.0. The monoisotopic (exact) mass is 523 g/mol. The van der Waals surface area contributed by atoms with E-state index in [1.165, 1.54) is 11.1 Å². The van der Waals surface area contributed by atoms with E-state index in [0.717, 1.165) is 83.9 Å². The molecule has 1 saturated heterocycles. The molecule has 0 amide bonds. The molecule has 0 bridgehead atoms. The van der Waals surface area contributed by atoms with Gasteiger partial charge in [0.05, 0.1) is 17.3 Å². The van der Waals surface area contributed by atoms with E-state index >= 15 is 0 Å². The van der Waals surface area contributed by atoms with Crippen molar-refractivity contribution in [2.45, 2.75) is 59.0 Å². The smallest absolute Gasteiger partial charge is 0.309 e. The number of hydrogen-bond acceptors (Lipinski definition) is 5. The molecule has 2 aliphatic rings. The number of aryl methyl sites for hydroxylation is 1. The van der Waals surface area contributed by atoms with Crippen LogP contribution in [0.2, 0.25) is 0 Å². The molecule has 1 aromatic heterocycles. The molecule has 0 radical (unpaired) electrons. The van der Waals surface area contributed by atoms with Crippen LogP contribution in [0.25, 0.3) is 23.9 Å². The molecular formula is C34H41N3O2. The lowest BCUT2D eigenvalue weighted by Crippen LogP contribution is -2.50. The van der Waals surface area contributed by atoms with Crippen LogP contribution < -0.4 is 21.1 Å². The Labute approximate surface area is 232 Å². The van der Waals surface area contributed by atoms with E-state index in [2.05, 4.69) is 74.1 Å². The summed E-state index contributed by atoms with van der Waals surface area (Å²) in [4.78, 5) is 17.3. The quantitative estimate of drug-likeness (QED) is 0.351. The van der Waals surface area contributed by atoms with Crippen LogP contribution >= 0.6 is 0 Å². The van der Waals surface area contributed by atoms with E-state index in [-0.39, 0.29) is 18.0 Å². The summed E-state index contributed by atoms with van der Waals surface area (Å²) in [6.45, 7) is 15.9. The minimum Gasteiger partial charge on any atom is -0.459 e. The van der Waals surface area contributed by atoms with E-state index in [1.54, 1.807) is 6.20 Å². The number of esters is 1. The maximum absolute atomic E-state index is 12.6. The summed E-state index contributed by atoms with van der Waals surface area (Å²) in [5, 5.41) is 8.54. The molecule has 4 rings (SSSR count). The summed E-state index contributed by atoms with van der Waals surface area (Å²) in [5.41, 5.74) is 7.62. The van der Waals surface area contributed by atoms with Crippen molar-refractivity contribution in [2.75, 3.05) is 13.1 Å². The number of carbonyl (C=O) groups is 1. The molecule has 1 atom stereocenters. The van der Waals surface area contributed by atoms with Crippen LogP contribution in [0.3, 0.4) is 0 Å². The summed E-state index contributed by atoms with van der Waals surface area (Å²) in [6, 6.07) is 12.4. The van der Waals surface area contributed by atoms with Crippen LogP contribution in [0.5, 0.6) is 0 Å². The number of pyridine rings is 1. The molecule has 1 fully saturated rings. The van der Waals surface area contributed by atoms with Gasteiger partial charge in [0, 0.05) is 18.8 Å². The number of allylic oxidation sites excluding steroid dienone is 5. The number of aromatic nitrogens is 1. The number of benzene rings is 1. The Balaban J connectivity index is 1.52. The second-order valence-corrected chi connectivity index (χ2v) is 10.5. The van der Waals surface area contributed by atoms with Crippen molar-refractivity contribution in [1.29, 1.82) is 0 Å². The number of carbonyl (C=O) groups excluding carboxylic acids is 1. The van der Waals surface area contributed by atoms with Gasteiger partial charge in [0.15, 0.2) is 0 Å². The Bertz CT molecular complexity index is 1410. The SMILES string of the molecule is C=CN/C(=C(\C)c1ccc(=C)/c(=C\C(=C/C)CC2=CCCC(C(=O)OC3CNC3)CC2)c1)c1cccc(C)n1. The predicted octanol–water partition coefficient (Wildman–Crippen LogP) is 5.17. The Hall–Kier alpha value is -3.70. The average Bonchev–Trinajstić information content (AvgIpc) is 3.15. The van der Waals surface area contributed by atoms with Gasteiger partial charge in [-0.25, -0.2) is 0 Å². The fourth-order valence-electron chi connectivity index (χ4n) is 5.06. The van der Waals surface area contributed by atoms with Crippen molar-refractivity contribution in [2.24, 2.45) is 5.92 Å². The topological polar surface area (TPSA) is 63.2 Å². The van der Waals surface area contributed by atoms with Crippen molar-refractivity contribution in [3.8, 4) is 0 Å². The van der Waals surface area contributed by atoms with E-state index < -0.39 is 0 Å². The summed E-state index contributed by atoms with van der Waals surface area (Å²) < 4.78 is 5.64. The first-order valence-corrected chi connectivity index (χ1v) is 14.0. The third-order valence-electron chi connectivity index (χ3n) is 7.61. The van der Waals surface area contributed by atoms with Crippen LogP contribution in [0, 0.1) is 12.8 Å². The third-order valence-corrected chi connectivity index (χ3v) is 7.61. The standard InChI is InChI=1S/C34H41N3O2/c1-6-26(18-27-11-9-12-28(17-15-27)34(38)39-31-21-35-22-31)19-30-20-29(16-14-23(30)3)25(5)33(36-7-2)32-13-8-10-24(4)37-32/h6-8,10-11,13-14,16,19-20,28,31,35-36H,2-3,9,12,15,17-18,21-22H2,1,4-5H3/b26-6-,30-19-,33-25+. The third kappa shape index (κ3) is 7.45. The molecule has 204 valence electrons. The largest absolute Gasteiger partial charge is 0.459 e. The average molecular weight is 524 g/mol. The molecule has 1 aromatic carbocycles. The highest BCUT2D eigenvalue weighted by molar-refractivity contribution is 5.88. The molecule has 39 heavy (non-hydrogen) atoms. The van der Waals surface area contributed by atoms with E-state index in [9.17, 15) is 4.79 Å². The molecule has 5 nitrogen and oxygen atoms in total. The van der Waals surface area contributed by atoms with E-state index in [0.29, 0.717) is 0 Å². The number of hydrogen-bond donors (Lipinski definition) is 2. The van der Waals surface area contributed by atoms with Crippen LogP contribution in [-0.2, 0) is 9.53 Å². The Morgan fingerprint density at radius 1 is 1.23 bits per heavy atom. The minimum atomic E-state index is -0.0258. The molecule has 1 aliphatic heterocycles. The van der Waals surface area contributed by atoms with Gasteiger partial charge < -0.3 is 15.4 Å². The molecule has 2 heterocycles. The van der Waals surface area contributed by atoms with E-state index in [4.69, 9.17) is 9.72 Å². The van der Waals surface area contributed by atoms with Gasteiger partial charge in [-0.05, 0) is 104 Å². The number of nitrogens with zero attached hydrogens (tertiary/aromatic N) is 1. The van der Waals surface area contributed by atoms with Gasteiger partial charge in [0.1, 0.15) is 6.10 Å². The van der Waals surface area contributed by atoms with Crippen molar-refractivity contribution >= 4 is 29.9 Å². The molecule has 0 spiro atoms. The number of ether oxygens (including phenoxy) is 1. The van der Waals surface area contributed by atoms with Crippen LogP contribution in [0.15, 0.2) is 72.5 Å². The molecule has 1 aliphatic carbocycles. The highest BCUT2D eigenvalue weighted by Crippen LogP contribution is 2.28. The van der Waals surface area contributed by atoms with Gasteiger partial charge in [-0.2, -0.15) is 0 Å². The zero-order chi connectivity index (χ0) is 27.8. The fourth-order valence-corrected chi connectivity index (χ4v) is 5.06. The fraction of sp³-hybridized carbons (Fsp3) is 0.353. The van der Waals surface area contributed by atoms with Crippen molar-refractivity contribution < 1.29 is 9.53 Å². The van der Waals surface area contributed by atoms with Gasteiger partial charge in [0.25, 0.3) is 0 Å². The number of nitrogens with one attached hydrogen (secondary N) is 2. The minimum absolute atomic E-state index is 0.00321. The zero-order valence-corrected chi connectivity index (χ0v) is 23.6. The summed E-state index contributed by atoms with van der Waals surface area (Å²) in [7, 11) is 0. The second-order valence-electron chi connectivity index (χ2n) is 10.5. The van der Waals surface area contributed by atoms with Crippen LogP contribution in [0.4, 0.5) is 0 Å². The molecule has 2 N–H and O–H groups in total. The Kier molecular flexibility index (Phi) is 9.72. The molecule has 5 heteroatoms. The lowest BCUT2D eigenvalue weighted by Gasteiger charge is -2.28. The van der Waals surface area contributed by atoms with Gasteiger partial charge in [-0.3, -0.25) is 9.78 Å². The number of rotatable bonds is 9. The first kappa shape index (κ1) is 28.3. The predicted molar refractivity (Wildman–Crippen MR) is 162 cm³/mol. The lowest BCUT2D eigenvalue weighted by molar-refractivity contribution is -0.156. The van der Waals surface area contributed by atoms with Crippen molar-refractivity contribution in [1.82, 2.24) is 15.6 Å². The van der Waals surface area contributed by atoms with Crippen molar-refractivity contribution in [3.05, 3.63) is 99.9 Å². The summed E-state index contributed by atoms with van der Waals surface area (Å²) >= 11 is 0. The van der Waals surface area contributed by atoms with Crippen molar-refractivity contribution in [3.63, 3.8) is 0 Å². The zero-order valence-electron chi connectivity index (χ0n) is 23.6. The van der Waals surface area contributed by atoms with Crippen LogP contribution in [0.1, 0.15) is 62.9 Å². The maximum Gasteiger partial charge on any atom is 0.309 e. The van der Waals surface area contributed by atoms with Gasteiger partial charge in [0.2, 0.25) is 0 Å². The maximum atomic E-state index is 12.6. The van der Waals surface area contributed by atoms with Gasteiger partial charge in [-0.1, -0.05) is 55.2 Å². The van der Waals surface area contributed by atoms with Gasteiger partial charge >= 0.3 is 5.97 Å².